The fraction of sp³-hybridized carbons (Fsp3) is 0.529. The summed E-state index contributed by atoms with van der Waals surface area (Å²) in [7, 11) is 0. The molecule has 5 heteroatoms. The van der Waals surface area contributed by atoms with E-state index in [2.05, 4.69) is 17.2 Å². The Bertz CT molecular complexity index is 494. The number of rotatable bonds is 6. The molecule has 0 amide bonds. The summed E-state index contributed by atoms with van der Waals surface area (Å²) in [5.41, 5.74) is 8.82. The molecule has 1 aliphatic heterocycles. The Morgan fingerprint density at radius 3 is 2.55 bits per heavy atom. The molecular weight excluding hydrogens is 280 g/mol. The van der Waals surface area contributed by atoms with E-state index in [0.29, 0.717) is 25.3 Å². The van der Waals surface area contributed by atoms with E-state index in [0.717, 1.165) is 19.3 Å². The fourth-order valence-electron chi connectivity index (χ4n) is 2.47. The molecule has 0 saturated carbocycles. The number of nitrogens with zero attached hydrogens (tertiary/aromatic N) is 1. The molecule has 0 aromatic heterocycles. The number of allylic oxidation sites excluding steroid dienone is 1. The van der Waals surface area contributed by atoms with Crippen LogP contribution in [0, 0.1) is 5.53 Å². The van der Waals surface area contributed by atoms with Gasteiger partial charge in [-0.3, -0.25) is 0 Å². The summed E-state index contributed by atoms with van der Waals surface area (Å²) in [4.78, 5) is 0. The van der Waals surface area contributed by atoms with Crippen LogP contribution in [0.3, 0.4) is 0 Å². The molecule has 1 fully saturated rings. The Balaban J connectivity index is 1.99. The number of aliphatic hydroxyl groups excluding tert-OH is 1. The van der Waals surface area contributed by atoms with Gasteiger partial charge in [0.25, 0.3) is 0 Å². The summed E-state index contributed by atoms with van der Waals surface area (Å²) in [6.07, 6.45) is 4.09. The second-order valence-corrected chi connectivity index (χ2v) is 5.59. The van der Waals surface area contributed by atoms with E-state index in [1.807, 2.05) is 18.2 Å². The first-order valence-corrected chi connectivity index (χ1v) is 7.73. The Labute approximate surface area is 131 Å². The quantitative estimate of drug-likeness (QED) is 0.791. The van der Waals surface area contributed by atoms with Crippen LogP contribution in [0.2, 0.25) is 0 Å². The zero-order chi connectivity index (χ0) is 15.8. The number of aliphatic hydroxyl groups is 1. The maximum Gasteiger partial charge on any atom is 0.197 e. The third-order valence-corrected chi connectivity index (χ3v) is 3.85. The lowest BCUT2D eigenvalue weighted by Gasteiger charge is -2.32. The number of hydrogen-bond donors (Lipinski definition) is 2. The van der Waals surface area contributed by atoms with E-state index in [-0.39, 0.29) is 0 Å². The van der Waals surface area contributed by atoms with Crippen molar-refractivity contribution in [1.82, 2.24) is 0 Å². The Morgan fingerprint density at radius 2 is 1.95 bits per heavy atom. The van der Waals surface area contributed by atoms with Gasteiger partial charge in [0.2, 0.25) is 0 Å². The van der Waals surface area contributed by atoms with Crippen LogP contribution in [0.15, 0.2) is 47.2 Å². The van der Waals surface area contributed by atoms with Crippen molar-refractivity contribution < 1.29 is 14.6 Å². The maximum atomic E-state index is 10.5. The third-order valence-electron chi connectivity index (χ3n) is 3.85. The second kappa shape index (κ2) is 8.17. The van der Waals surface area contributed by atoms with Crippen LogP contribution in [0.4, 0.5) is 0 Å². The minimum absolute atomic E-state index is 0.292. The summed E-state index contributed by atoms with van der Waals surface area (Å²) < 4.78 is 11.3. The monoisotopic (exact) mass is 304 g/mol. The highest BCUT2D eigenvalue weighted by molar-refractivity contribution is 5.16. The van der Waals surface area contributed by atoms with Crippen molar-refractivity contribution in [2.24, 2.45) is 5.11 Å². The molecule has 120 valence electrons. The third kappa shape index (κ3) is 4.47. The van der Waals surface area contributed by atoms with Gasteiger partial charge in [0.1, 0.15) is 0 Å². The van der Waals surface area contributed by atoms with E-state index >= 15 is 0 Å². The van der Waals surface area contributed by atoms with Gasteiger partial charge in [0, 0.05) is 0 Å². The molecule has 1 atom stereocenters. The zero-order valence-electron chi connectivity index (χ0n) is 13.0. The van der Waals surface area contributed by atoms with Gasteiger partial charge in [-0.1, -0.05) is 36.4 Å². The fourth-order valence-corrected chi connectivity index (χ4v) is 2.47. The lowest BCUT2D eigenvalue weighted by atomic mass is 10.1. The van der Waals surface area contributed by atoms with Crippen LogP contribution >= 0.6 is 0 Å². The minimum atomic E-state index is -1.13. The summed E-state index contributed by atoms with van der Waals surface area (Å²) in [6.45, 7) is 2.80. The number of ether oxygens (including phenoxy) is 2. The van der Waals surface area contributed by atoms with Crippen LogP contribution in [0.5, 0.6) is 0 Å². The maximum absolute atomic E-state index is 10.5. The molecule has 1 saturated heterocycles. The normalized spacial score (nSPS) is 20.2. The topological polar surface area (TPSA) is 74.9 Å². The molecule has 2 rings (SSSR count). The number of benzene rings is 1. The molecule has 1 aromatic rings. The molecule has 0 bridgehead atoms. The molecule has 22 heavy (non-hydrogen) atoms. The molecule has 2 N–H and O–H groups in total. The van der Waals surface area contributed by atoms with Crippen molar-refractivity contribution in [1.29, 1.82) is 5.53 Å². The zero-order valence-corrected chi connectivity index (χ0v) is 13.0. The van der Waals surface area contributed by atoms with Gasteiger partial charge in [-0.05, 0) is 38.2 Å². The smallest absolute Gasteiger partial charge is 0.197 e. The van der Waals surface area contributed by atoms with E-state index in [1.54, 1.807) is 13.0 Å². The molecule has 0 radical (unpaired) electrons. The first-order valence-electron chi connectivity index (χ1n) is 7.73. The first kappa shape index (κ1) is 16.8. The number of hydrogen-bond acceptors (Lipinski definition) is 5. The lowest BCUT2D eigenvalue weighted by molar-refractivity contribution is -0.254. The van der Waals surface area contributed by atoms with Gasteiger partial charge >= 0.3 is 0 Å². The van der Waals surface area contributed by atoms with Crippen molar-refractivity contribution in [3.8, 4) is 0 Å². The Kier molecular flexibility index (Phi) is 6.24. The lowest BCUT2D eigenvalue weighted by Crippen LogP contribution is -2.45. The average molecular weight is 304 g/mol. The largest absolute Gasteiger partial charge is 0.381 e. The summed E-state index contributed by atoms with van der Waals surface area (Å²) in [5, 5.41) is 14.0. The van der Waals surface area contributed by atoms with Crippen molar-refractivity contribution in [3.63, 3.8) is 0 Å². The Morgan fingerprint density at radius 1 is 1.32 bits per heavy atom. The van der Waals surface area contributed by atoms with Crippen molar-refractivity contribution >= 4 is 0 Å². The van der Waals surface area contributed by atoms with Gasteiger partial charge < -0.3 is 14.6 Å². The standard InChI is InChI=1S/C17H24N2O3/c1-17(21-12-5-6-13-22-17)16(20)15(19-18)11-7-10-14-8-3-2-4-9-14/h2-4,8-9,11,16,18,20H,5-7,10,12-13H2,1H3. The Hall–Kier alpha value is -1.56. The van der Waals surface area contributed by atoms with Gasteiger partial charge in [-0.2, -0.15) is 5.11 Å². The molecule has 1 aliphatic rings. The summed E-state index contributed by atoms with van der Waals surface area (Å²) in [6, 6.07) is 10.1. The van der Waals surface area contributed by atoms with Gasteiger partial charge in [0.05, 0.1) is 18.9 Å². The highest BCUT2D eigenvalue weighted by atomic mass is 16.7. The van der Waals surface area contributed by atoms with Crippen LogP contribution in [0.1, 0.15) is 31.7 Å². The highest BCUT2D eigenvalue weighted by Gasteiger charge is 2.38. The number of aryl methyl sites for hydroxylation is 1. The van der Waals surface area contributed by atoms with Crippen LogP contribution in [0.25, 0.3) is 0 Å². The van der Waals surface area contributed by atoms with Gasteiger partial charge in [-0.25, -0.2) is 5.53 Å². The average Bonchev–Trinajstić information content (AvgIpc) is 2.78. The molecule has 0 aliphatic carbocycles. The van der Waals surface area contributed by atoms with Crippen LogP contribution in [-0.2, 0) is 15.9 Å². The van der Waals surface area contributed by atoms with E-state index in [9.17, 15) is 5.11 Å². The molecule has 5 nitrogen and oxygen atoms in total. The molecule has 1 heterocycles. The van der Waals surface area contributed by atoms with Crippen molar-refractivity contribution in [2.45, 2.75) is 44.5 Å². The van der Waals surface area contributed by atoms with Crippen LogP contribution < -0.4 is 0 Å². The molecule has 0 spiro atoms. The predicted octanol–water partition coefficient (Wildman–Crippen LogP) is 3.44. The van der Waals surface area contributed by atoms with Crippen molar-refractivity contribution in [2.75, 3.05) is 13.2 Å². The number of nitrogens with one attached hydrogen (secondary N) is 1. The predicted molar refractivity (Wildman–Crippen MR) is 83.5 cm³/mol. The molecular formula is C17H24N2O3. The molecule has 1 aromatic carbocycles. The van der Waals surface area contributed by atoms with Gasteiger partial charge in [-0.15, -0.1) is 0 Å². The van der Waals surface area contributed by atoms with Crippen LogP contribution in [-0.4, -0.2) is 30.2 Å². The van der Waals surface area contributed by atoms with E-state index < -0.39 is 11.9 Å². The second-order valence-electron chi connectivity index (χ2n) is 5.59. The summed E-state index contributed by atoms with van der Waals surface area (Å²) in [5.74, 6) is -1.13. The van der Waals surface area contributed by atoms with E-state index in [1.165, 1.54) is 5.56 Å². The highest BCUT2D eigenvalue weighted by Crippen LogP contribution is 2.27. The first-order chi connectivity index (χ1) is 10.7. The SMILES string of the molecule is CC1(C(O)C(=CCCc2ccccc2)N=N)OCCCCO1. The minimum Gasteiger partial charge on any atom is -0.381 e. The van der Waals surface area contributed by atoms with Gasteiger partial charge in [0.15, 0.2) is 11.9 Å². The van der Waals surface area contributed by atoms with E-state index in [4.69, 9.17) is 15.0 Å². The summed E-state index contributed by atoms with van der Waals surface area (Å²) >= 11 is 0. The molecule has 1 unspecified atom stereocenters. The van der Waals surface area contributed by atoms with Crippen molar-refractivity contribution in [3.05, 3.63) is 47.7 Å².